The predicted molar refractivity (Wildman–Crippen MR) is 98.4 cm³/mol. The van der Waals surface area contributed by atoms with Crippen LogP contribution >= 0.6 is 15.9 Å². The third-order valence-corrected chi connectivity index (χ3v) is 3.94. The van der Waals surface area contributed by atoms with Crippen LogP contribution in [0.2, 0.25) is 0 Å². The van der Waals surface area contributed by atoms with E-state index in [1.165, 1.54) is 0 Å². The highest BCUT2D eigenvalue weighted by molar-refractivity contribution is 9.10. The molecule has 0 unspecified atom stereocenters. The van der Waals surface area contributed by atoms with E-state index >= 15 is 0 Å². The van der Waals surface area contributed by atoms with Gasteiger partial charge in [-0.05, 0) is 46.6 Å². The molecule has 0 atom stereocenters. The van der Waals surface area contributed by atoms with Gasteiger partial charge in [-0.1, -0.05) is 37.6 Å². The predicted octanol–water partition coefficient (Wildman–Crippen LogP) is 5.05. The van der Waals surface area contributed by atoms with Gasteiger partial charge in [0.15, 0.2) is 0 Å². The summed E-state index contributed by atoms with van der Waals surface area (Å²) >= 11 is 3.37. The molecule has 0 spiro atoms. The van der Waals surface area contributed by atoms with E-state index in [-0.39, 0.29) is 0 Å². The molecule has 2 amide bonds. The van der Waals surface area contributed by atoms with Crippen molar-refractivity contribution in [3.05, 3.63) is 58.6 Å². The van der Waals surface area contributed by atoms with Crippen LogP contribution in [0.1, 0.15) is 30.1 Å². The standard InChI is InChI=1S/C18H19BrN2O3/c1-2-3-12-24-17(22)13-8-4-6-10-15(13)20-18(23)21-16-11-7-5-9-14(16)19/h4-11H,2-3,12H2,1H3,(H2,20,21,23). The van der Waals surface area contributed by atoms with E-state index in [1.807, 2.05) is 25.1 Å². The van der Waals surface area contributed by atoms with Crippen molar-refractivity contribution in [2.45, 2.75) is 19.8 Å². The molecular weight excluding hydrogens is 372 g/mol. The first-order chi connectivity index (χ1) is 11.6. The second-order valence-electron chi connectivity index (χ2n) is 5.09. The Morgan fingerprint density at radius 3 is 2.33 bits per heavy atom. The number of amides is 2. The molecule has 0 fully saturated rings. The van der Waals surface area contributed by atoms with Crippen LogP contribution in [0.4, 0.5) is 16.2 Å². The molecule has 0 radical (unpaired) electrons. The second kappa shape index (κ2) is 9.08. The summed E-state index contributed by atoms with van der Waals surface area (Å²) in [6, 6.07) is 13.6. The average Bonchev–Trinajstić information content (AvgIpc) is 2.57. The lowest BCUT2D eigenvalue weighted by atomic mass is 10.2. The lowest BCUT2D eigenvalue weighted by Gasteiger charge is -2.12. The number of hydrogen-bond acceptors (Lipinski definition) is 3. The number of ether oxygens (including phenoxy) is 1. The van der Waals surface area contributed by atoms with Gasteiger partial charge < -0.3 is 15.4 Å². The highest BCUT2D eigenvalue weighted by Crippen LogP contribution is 2.22. The monoisotopic (exact) mass is 390 g/mol. The topological polar surface area (TPSA) is 67.4 Å². The molecule has 0 bridgehead atoms. The largest absolute Gasteiger partial charge is 0.462 e. The molecule has 0 aliphatic heterocycles. The summed E-state index contributed by atoms with van der Waals surface area (Å²) in [6.07, 6.45) is 1.76. The minimum Gasteiger partial charge on any atom is -0.462 e. The van der Waals surface area contributed by atoms with Crippen molar-refractivity contribution in [1.29, 1.82) is 0 Å². The number of para-hydroxylation sites is 2. The van der Waals surface area contributed by atoms with Crippen molar-refractivity contribution in [3.63, 3.8) is 0 Å². The number of esters is 1. The van der Waals surface area contributed by atoms with Gasteiger partial charge in [0.25, 0.3) is 0 Å². The highest BCUT2D eigenvalue weighted by Gasteiger charge is 2.14. The van der Waals surface area contributed by atoms with Crippen LogP contribution < -0.4 is 10.6 Å². The van der Waals surface area contributed by atoms with Gasteiger partial charge >= 0.3 is 12.0 Å². The molecule has 2 aromatic rings. The first kappa shape index (κ1) is 18.0. The third-order valence-electron chi connectivity index (χ3n) is 3.25. The number of anilines is 2. The summed E-state index contributed by atoms with van der Waals surface area (Å²) in [5.74, 6) is -0.444. The molecule has 24 heavy (non-hydrogen) atoms. The van der Waals surface area contributed by atoms with Crippen LogP contribution in [0.15, 0.2) is 53.0 Å². The summed E-state index contributed by atoms with van der Waals surface area (Å²) < 4.78 is 5.98. The molecule has 2 rings (SSSR count). The third kappa shape index (κ3) is 5.09. The molecule has 0 saturated heterocycles. The quantitative estimate of drug-likeness (QED) is 0.535. The lowest BCUT2D eigenvalue weighted by molar-refractivity contribution is 0.0501. The summed E-state index contributed by atoms with van der Waals surface area (Å²) in [5, 5.41) is 5.41. The van der Waals surface area contributed by atoms with Crippen LogP contribution in [-0.2, 0) is 4.74 Å². The van der Waals surface area contributed by atoms with Gasteiger partial charge in [-0.3, -0.25) is 0 Å². The number of unbranched alkanes of at least 4 members (excludes halogenated alkanes) is 1. The SMILES string of the molecule is CCCCOC(=O)c1ccccc1NC(=O)Nc1ccccc1Br. The smallest absolute Gasteiger partial charge is 0.340 e. The summed E-state index contributed by atoms with van der Waals surface area (Å²) in [6.45, 7) is 2.39. The zero-order valence-electron chi connectivity index (χ0n) is 13.3. The average molecular weight is 391 g/mol. The van der Waals surface area contributed by atoms with E-state index in [0.29, 0.717) is 23.5 Å². The molecule has 2 aromatic carbocycles. The minimum absolute atomic E-state index is 0.330. The van der Waals surface area contributed by atoms with Gasteiger partial charge in [0, 0.05) is 4.47 Å². The molecule has 2 N–H and O–H groups in total. The first-order valence-electron chi connectivity index (χ1n) is 7.70. The lowest BCUT2D eigenvalue weighted by Crippen LogP contribution is -2.21. The Labute approximate surface area is 149 Å². The maximum atomic E-state index is 12.2. The van der Waals surface area contributed by atoms with Gasteiger partial charge in [-0.25, -0.2) is 9.59 Å². The van der Waals surface area contributed by atoms with Gasteiger partial charge in [0.05, 0.1) is 23.5 Å². The summed E-state index contributed by atoms with van der Waals surface area (Å²) in [7, 11) is 0. The molecule has 6 heteroatoms. The van der Waals surface area contributed by atoms with E-state index in [0.717, 1.165) is 17.3 Å². The van der Waals surface area contributed by atoms with Crippen LogP contribution in [0.25, 0.3) is 0 Å². The van der Waals surface area contributed by atoms with Crippen LogP contribution in [0, 0.1) is 0 Å². The molecule has 0 aliphatic carbocycles. The minimum atomic E-state index is -0.444. The Balaban J connectivity index is 2.05. The van der Waals surface area contributed by atoms with Crippen LogP contribution in [-0.4, -0.2) is 18.6 Å². The Morgan fingerprint density at radius 2 is 1.62 bits per heavy atom. The number of carbonyl (C=O) groups excluding carboxylic acids is 2. The summed E-state index contributed by atoms with van der Waals surface area (Å²) in [4.78, 5) is 24.3. The normalized spacial score (nSPS) is 10.1. The first-order valence-corrected chi connectivity index (χ1v) is 8.49. The van der Waals surface area contributed by atoms with Crippen molar-refractivity contribution in [2.75, 3.05) is 17.2 Å². The van der Waals surface area contributed by atoms with Crippen LogP contribution in [0.5, 0.6) is 0 Å². The number of carbonyl (C=O) groups is 2. The second-order valence-corrected chi connectivity index (χ2v) is 5.95. The fourth-order valence-electron chi connectivity index (χ4n) is 2.00. The fourth-order valence-corrected chi connectivity index (χ4v) is 2.38. The molecule has 5 nitrogen and oxygen atoms in total. The molecule has 0 aliphatic rings. The number of urea groups is 1. The van der Waals surface area contributed by atoms with Crippen molar-refractivity contribution in [3.8, 4) is 0 Å². The summed E-state index contributed by atoms with van der Waals surface area (Å²) in [5.41, 5.74) is 1.37. The van der Waals surface area contributed by atoms with E-state index < -0.39 is 12.0 Å². The zero-order chi connectivity index (χ0) is 17.4. The molecule has 0 heterocycles. The van der Waals surface area contributed by atoms with Crippen molar-refractivity contribution in [2.24, 2.45) is 0 Å². The van der Waals surface area contributed by atoms with E-state index in [1.54, 1.807) is 30.3 Å². The van der Waals surface area contributed by atoms with E-state index in [2.05, 4.69) is 26.6 Å². The number of benzene rings is 2. The van der Waals surface area contributed by atoms with Gasteiger partial charge in [-0.2, -0.15) is 0 Å². The van der Waals surface area contributed by atoms with Crippen molar-refractivity contribution >= 4 is 39.3 Å². The number of halogens is 1. The van der Waals surface area contributed by atoms with Gasteiger partial charge in [-0.15, -0.1) is 0 Å². The number of rotatable bonds is 6. The van der Waals surface area contributed by atoms with Gasteiger partial charge in [0.1, 0.15) is 0 Å². The van der Waals surface area contributed by atoms with E-state index in [9.17, 15) is 9.59 Å². The molecular formula is C18H19BrN2O3. The van der Waals surface area contributed by atoms with Crippen molar-refractivity contribution < 1.29 is 14.3 Å². The van der Waals surface area contributed by atoms with Crippen molar-refractivity contribution in [1.82, 2.24) is 0 Å². The van der Waals surface area contributed by atoms with Crippen LogP contribution in [0.3, 0.4) is 0 Å². The Hall–Kier alpha value is -2.34. The number of nitrogens with one attached hydrogen (secondary N) is 2. The van der Waals surface area contributed by atoms with E-state index in [4.69, 9.17) is 4.74 Å². The number of hydrogen-bond donors (Lipinski definition) is 2. The van der Waals surface area contributed by atoms with Gasteiger partial charge in [0.2, 0.25) is 0 Å². The molecule has 0 saturated carbocycles. The maximum Gasteiger partial charge on any atom is 0.340 e. The molecule has 126 valence electrons. The molecule has 0 aromatic heterocycles. The Kier molecular flexibility index (Phi) is 6.81. The Bertz CT molecular complexity index is 719. The maximum absolute atomic E-state index is 12.2. The highest BCUT2D eigenvalue weighted by atomic mass is 79.9. The fraction of sp³-hybridized carbons (Fsp3) is 0.222. The Morgan fingerprint density at radius 1 is 1.00 bits per heavy atom. The zero-order valence-corrected chi connectivity index (χ0v) is 14.9.